The quantitative estimate of drug-likeness (QED) is 0.588. The van der Waals surface area contributed by atoms with Crippen LogP contribution in [0, 0.1) is 5.92 Å². The van der Waals surface area contributed by atoms with Gasteiger partial charge >= 0.3 is 0 Å². The molecule has 5 rings (SSSR count). The second kappa shape index (κ2) is 6.26. The normalized spacial score (nSPS) is 20.6. The summed E-state index contributed by atoms with van der Waals surface area (Å²) in [5.74, 6) is 1.85. The van der Waals surface area contributed by atoms with E-state index in [-0.39, 0.29) is 11.8 Å². The molecule has 1 aliphatic rings. The molecule has 0 saturated carbocycles. The van der Waals surface area contributed by atoms with E-state index < -0.39 is 0 Å². The lowest BCUT2D eigenvalue weighted by Crippen LogP contribution is -2.43. The third-order valence-corrected chi connectivity index (χ3v) is 5.73. The molecule has 138 valence electrons. The molecule has 0 unspecified atom stereocenters. The molecule has 0 radical (unpaired) electrons. The number of aromatic amines is 2. The highest BCUT2D eigenvalue weighted by atomic mass is 16.2. The highest BCUT2D eigenvalue weighted by Crippen LogP contribution is 2.33. The number of fused-ring (bicyclic) bond motifs is 3. The van der Waals surface area contributed by atoms with Crippen molar-refractivity contribution >= 4 is 22.6 Å². The number of hydrogen-bond acceptors (Lipinski definition) is 3. The highest BCUT2D eigenvalue weighted by molar-refractivity contribution is 5.79. The van der Waals surface area contributed by atoms with Gasteiger partial charge in [0.2, 0.25) is 5.91 Å². The summed E-state index contributed by atoms with van der Waals surface area (Å²) < 4.78 is 2.18. The lowest BCUT2D eigenvalue weighted by atomic mass is 9.86. The molecule has 1 aliphatic heterocycles. The summed E-state index contributed by atoms with van der Waals surface area (Å²) in [7, 11) is 0. The Morgan fingerprint density at radius 3 is 2.96 bits per heavy atom. The fourth-order valence-electron chi connectivity index (χ4n) is 4.15. The first-order valence-corrected chi connectivity index (χ1v) is 9.40. The van der Waals surface area contributed by atoms with Crippen molar-refractivity contribution in [3.63, 3.8) is 0 Å². The van der Waals surface area contributed by atoms with Crippen molar-refractivity contribution in [3.8, 4) is 0 Å². The summed E-state index contributed by atoms with van der Waals surface area (Å²) in [5.41, 5.74) is 3.83. The van der Waals surface area contributed by atoms with E-state index in [1.807, 2.05) is 47.9 Å². The van der Waals surface area contributed by atoms with Gasteiger partial charge in [-0.2, -0.15) is 0 Å². The van der Waals surface area contributed by atoms with E-state index in [9.17, 15) is 4.79 Å². The van der Waals surface area contributed by atoms with Crippen LogP contribution in [0.5, 0.6) is 0 Å². The van der Waals surface area contributed by atoms with Crippen LogP contribution in [0.25, 0.3) is 16.7 Å². The third kappa shape index (κ3) is 2.70. The van der Waals surface area contributed by atoms with E-state index >= 15 is 0 Å². The Morgan fingerprint density at radius 2 is 2.11 bits per heavy atom. The molecule has 5 heterocycles. The predicted octanol–water partition coefficient (Wildman–Crippen LogP) is 2.73. The first kappa shape index (κ1) is 16.1. The molecule has 0 aliphatic carbocycles. The summed E-state index contributed by atoms with van der Waals surface area (Å²) in [6, 6.07) is 5.92. The van der Waals surface area contributed by atoms with Crippen LogP contribution >= 0.6 is 0 Å². The molecule has 1 fully saturated rings. The van der Waals surface area contributed by atoms with Gasteiger partial charge in [0.15, 0.2) is 5.65 Å². The second-order valence-corrected chi connectivity index (χ2v) is 7.43. The smallest absolute Gasteiger partial charge is 0.228 e. The average molecular weight is 362 g/mol. The molecule has 0 spiro atoms. The topological polar surface area (TPSA) is 82.1 Å². The second-order valence-electron chi connectivity index (χ2n) is 7.43. The van der Waals surface area contributed by atoms with Gasteiger partial charge in [0.25, 0.3) is 0 Å². The molecule has 2 atom stereocenters. The average Bonchev–Trinajstić information content (AvgIpc) is 3.41. The predicted molar refractivity (Wildman–Crippen MR) is 102 cm³/mol. The maximum atomic E-state index is 12.8. The van der Waals surface area contributed by atoms with Crippen LogP contribution in [0.4, 0.5) is 0 Å². The van der Waals surface area contributed by atoms with Gasteiger partial charge in [0, 0.05) is 37.1 Å². The molecule has 7 nitrogen and oxygen atoms in total. The summed E-state index contributed by atoms with van der Waals surface area (Å²) in [6.45, 7) is 3.77. The number of H-pyrrole nitrogens is 2. The standard InChI is InChI=1S/C20H22N6O/c1-13-5-8-25(18(27)9-14-3-2-6-21-14)12-16(13)20-24-11-15-10-23-19-17(26(15)20)4-7-22-19/h2-4,6-7,10-11,13,16,21-22H,5,8-9,12H2,1H3/t13-,16+/m1/s1. The van der Waals surface area contributed by atoms with Gasteiger partial charge in [0.1, 0.15) is 5.82 Å². The van der Waals surface area contributed by atoms with Crippen LogP contribution < -0.4 is 0 Å². The Labute approximate surface area is 156 Å². The van der Waals surface area contributed by atoms with Gasteiger partial charge in [-0.05, 0) is 30.5 Å². The van der Waals surface area contributed by atoms with Crippen molar-refractivity contribution in [1.29, 1.82) is 0 Å². The van der Waals surface area contributed by atoms with Gasteiger partial charge in [-0.3, -0.25) is 9.20 Å². The zero-order valence-electron chi connectivity index (χ0n) is 15.2. The van der Waals surface area contributed by atoms with Crippen molar-refractivity contribution in [3.05, 3.63) is 54.5 Å². The van der Waals surface area contributed by atoms with Gasteiger partial charge in [-0.15, -0.1) is 0 Å². The van der Waals surface area contributed by atoms with Crippen LogP contribution in [0.3, 0.4) is 0 Å². The van der Waals surface area contributed by atoms with Crippen molar-refractivity contribution in [2.75, 3.05) is 13.1 Å². The fourth-order valence-corrected chi connectivity index (χ4v) is 4.15. The lowest BCUT2D eigenvalue weighted by Gasteiger charge is -2.36. The van der Waals surface area contributed by atoms with E-state index in [4.69, 9.17) is 4.98 Å². The summed E-state index contributed by atoms with van der Waals surface area (Å²) >= 11 is 0. The van der Waals surface area contributed by atoms with E-state index in [0.717, 1.165) is 41.2 Å². The number of nitrogens with zero attached hydrogens (tertiary/aromatic N) is 4. The molecule has 2 N–H and O–H groups in total. The maximum Gasteiger partial charge on any atom is 0.228 e. The first-order chi connectivity index (χ1) is 13.2. The molecule has 0 bridgehead atoms. The van der Waals surface area contributed by atoms with Gasteiger partial charge < -0.3 is 14.9 Å². The molecule has 4 aromatic rings. The monoisotopic (exact) mass is 362 g/mol. The number of aromatic nitrogens is 5. The Morgan fingerprint density at radius 1 is 1.22 bits per heavy atom. The molecule has 7 heteroatoms. The highest BCUT2D eigenvalue weighted by Gasteiger charge is 2.32. The van der Waals surface area contributed by atoms with Gasteiger partial charge in [-0.1, -0.05) is 6.92 Å². The van der Waals surface area contributed by atoms with Crippen LogP contribution in [-0.2, 0) is 11.2 Å². The van der Waals surface area contributed by atoms with Crippen LogP contribution in [0.1, 0.15) is 30.8 Å². The minimum Gasteiger partial charge on any atom is -0.365 e. The zero-order chi connectivity index (χ0) is 18.4. The SMILES string of the molecule is C[C@@H]1CCN(C(=O)Cc2ccc[nH]2)C[C@@H]1c1ncc2cnc3[nH]ccc3n12. The number of rotatable bonds is 3. The van der Waals surface area contributed by atoms with E-state index in [0.29, 0.717) is 18.9 Å². The Hall–Kier alpha value is -3.09. The molecule has 4 aromatic heterocycles. The van der Waals surface area contributed by atoms with E-state index in [1.54, 1.807) is 0 Å². The van der Waals surface area contributed by atoms with Crippen molar-refractivity contribution in [2.45, 2.75) is 25.7 Å². The van der Waals surface area contributed by atoms with Gasteiger partial charge in [-0.25, -0.2) is 9.97 Å². The van der Waals surface area contributed by atoms with E-state index in [2.05, 4.69) is 26.3 Å². The number of piperidine rings is 1. The summed E-state index contributed by atoms with van der Waals surface area (Å²) in [6.07, 6.45) is 8.88. The number of carbonyl (C=O) groups excluding carboxylic acids is 1. The largest absolute Gasteiger partial charge is 0.365 e. The van der Waals surface area contributed by atoms with Crippen LogP contribution in [0.2, 0.25) is 0 Å². The molecule has 27 heavy (non-hydrogen) atoms. The van der Waals surface area contributed by atoms with Crippen LogP contribution in [-0.4, -0.2) is 48.2 Å². The van der Waals surface area contributed by atoms with Gasteiger partial charge in [0.05, 0.1) is 29.8 Å². The number of likely N-dealkylation sites (tertiary alicyclic amines) is 1. The Bertz CT molecular complexity index is 1090. The number of hydrogen-bond donors (Lipinski definition) is 2. The van der Waals surface area contributed by atoms with Crippen molar-refractivity contribution in [1.82, 2.24) is 29.2 Å². The molecular formula is C20H22N6O. The molecule has 1 amide bonds. The number of imidazole rings is 1. The number of amides is 1. The maximum absolute atomic E-state index is 12.8. The lowest BCUT2D eigenvalue weighted by molar-refractivity contribution is -0.132. The fraction of sp³-hybridized carbons (Fsp3) is 0.350. The zero-order valence-corrected chi connectivity index (χ0v) is 15.2. The van der Waals surface area contributed by atoms with Crippen molar-refractivity contribution in [2.24, 2.45) is 5.92 Å². The van der Waals surface area contributed by atoms with Crippen LogP contribution in [0.15, 0.2) is 43.0 Å². The first-order valence-electron chi connectivity index (χ1n) is 9.40. The minimum absolute atomic E-state index is 0.170. The summed E-state index contributed by atoms with van der Waals surface area (Å²) in [5, 5.41) is 0. The Kier molecular flexibility index (Phi) is 3.74. The summed E-state index contributed by atoms with van der Waals surface area (Å²) in [4.78, 5) is 30.2. The van der Waals surface area contributed by atoms with Crippen molar-refractivity contribution < 1.29 is 4.79 Å². The molecular weight excluding hydrogens is 340 g/mol. The molecule has 0 aromatic carbocycles. The Balaban J connectivity index is 1.47. The molecule has 1 saturated heterocycles. The third-order valence-electron chi connectivity index (χ3n) is 5.73. The number of carbonyl (C=O) groups is 1. The van der Waals surface area contributed by atoms with E-state index in [1.165, 1.54) is 0 Å². The number of nitrogens with one attached hydrogen (secondary N) is 2. The minimum atomic E-state index is 0.170.